The lowest BCUT2D eigenvalue weighted by molar-refractivity contribution is -0.118. The van der Waals surface area contributed by atoms with Gasteiger partial charge in [-0.25, -0.2) is 13.1 Å². The predicted molar refractivity (Wildman–Crippen MR) is 164 cm³/mol. The molecule has 1 aromatic rings. The third-order valence-corrected chi connectivity index (χ3v) is 11.7. The molecule has 1 amide bonds. The monoisotopic (exact) mass is 638 g/mol. The molecule has 3 aliphatic rings. The molecule has 1 unspecified atom stereocenters. The number of halogens is 1. The summed E-state index contributed by atoms with van der Waals surface area (Å²) in [6, 6.07) is 5.63. The molecule has 1 saturated carbocycles. The van der Waals surface area contributed by atoms with Crippen molar-refractivity contribution in [1.29, 1.82) is 0 Å². The SMILES string of the molecule is CCC1C=C(C(=O)NC2CCOCC2)SC(c2ccc(S(=O)(=O)NC(C)(C)C)c(Br)c2)=C1CC1CCCCC1. The fourth-order valence-corrected chi connectivity index (χ4v) is 9.47. The van der Waals surface area contributed by atoms with Gasteiger partial charge in [0.25, 0.3) is 5.91 Å². The fourth-order valence-electron chi connectivity index (χ4n) is 5.75. The zero-order chi connectivity index (χ0) is 28.2. The number of thioether (sulfide) groups is 1. The minimum atomic E-state index is -3.69. The number of rotatable bonds is 8. The number of carbonyl (C=O) groups is 1. The zero-order valence-corrected chi connectivity index (χ0v) is 26.9. The maximum atomic E-state index is 13.4. The summed E-state index contributed by atoms with van der Waals surface area (Å²) in [5, 5.41) is 3.24. The summed E-state index contributed by atoms with van der Waals surface area (Å²) in [5.41, 5.74) is 1.75. The van der Waals surface area contributed by atoms with Crippen LogP contribution in [0.3, 0.4) is 0 Å². The topological polar surface area (TPSA) is 84.5 Å². The summed E-state index contributed by atoms with van der Waals surface area (Å²) in [6.45, 7) is 9.04. The smallest absolute Gasteiger partial charge is 0.257 e. The summed E-state index contributed by atoms with van der Waals surface area (Å²) in [5.74, 6) is 0.819. The first-order chi connectivity index (χ1) is 18.5. The highest BCUT2D eigenvalue weighted by atomic mass is 79.9. The Kier molecular flexibility index (Phi) is 10.5. The number of allylic oxidation sites excluding steroid dienone is 2. The third-order valence-electron chi connectivity index (χ3n) is 7.68. The second kappa shape index (κ2) is 13.2. The van der Waals surface area contributed by atoms with Gasteiger partial charge < -0.3 is 10.1 Å². The minimum Gasteiger partial charge on any atom is -0.381 e. The Labute approximate surface area is 247 Å². The molecule has 4 rings (SSSR count). The van der Waals surface area contributed by atoms with Crippen molar-refractivity contribution in [3.05, 3.63) is 44.8 Å². The average Bonchev–Trinajstić information content (AvgIpc) is 2.88. The van der Waals surface area contributed by atoms with Crippen LogP contribution in [0.1, 0.15) is 91.0 Å². The van der Waals surface area contributed by atoms with Crippen LogP contribution < -0.4 is 10.0 Å². The lowest BCUT2D eigenvalue weighted by atomic mass is 9.80. The Morgan fingerprint density at radius 3 is 2.41 bits per heavy atom. The maximum Gasteiger partial charge on any atom is 0.257 e. The van der Waals surface area contributed by atoms with Gasteiger partial charge in [-0.1, -0.05) is 62.9 Å². The summed E-state index contributed by atoms with van der Waals surface area (Å²) in [6.07, 6.45) is 12.2. The Balaban J connectivity index is 1.68. The summed E-state index contributed by atoms with van der Waals surface area (Å²) in [7, 11) is -3.69. The molecule has 9 heteroatoms. The van der Waals surface area contributed by atoms with E-state index < -0.39 is 15.6 Å². The highest BCUT2D eigenvalue weighted by Gasteiger charge is 2.31. The van der Waals surface area contributed by atoms with Crippen LogP contribution in [0.15, 0.2) is 44.1 Å². The Hall–Kier alpha value is -1.13. The van der Waals surface area contributed by atoms with E-state index in [0.29, 0.717) is 23.6 Å². The molecule has 1 aliphatic carbocycles. The summed E-state index contributed by atoms with van der Waals surface area (Å²) >= 11 is 5.10. The van der Waals surface area contributed by atoms with Crippen molar-refractivity contribution in [3.63, 3.8) is 0 Å². The van der Waals surface area contributed by atoms with E-state index in [0.717, 1.165) is 41.1 Å². The Morgan fingerprint density at radius 2 is 1.79 bits per heavy atom. The van der Waals surface area contributed by atoms with Crippen molar-refractivity contribution in [2.45, 2.75) is 102 Å². The molecule has 2 heterocycles. The number of nitrogens with one attached hydrogen (secondary N) is 2. The van der Waals surface area contributed by atoms with Gasteiger partial charge in [0.05, 0.1) is 9.80 Å². The van der Waals surface area contributed by atoms with E-state index in [4.69, 9.17) is 4.74 Å². The summed E-state index contributed by atoms with van der Waals surface area (Å²) < 4.78 is 34.9. The number of amides is 1. The minimum absolute atomic E-state index is 0.0211. The molecule has 2 N–H and O–H groups in total. The molecule has 1 aromatic carbocycles. The molecular weight excluding hydrogens is 596 g/mol. The first kappa shape index (κ1) is 30.8. The number of hydrogen-bond acceptors (Lipinski definition) is 5. The lowest BCUT2D eigenvalue weighted by Crippen LogP contribution is -2.40. The van der Waals surface area contributed by atoms with Gasteiger partial charge in [-0.15, -0.1) is 0 Å². The number of carbonyl (C=O) groups excluding carboxylic acids is 1. The molecular formula is C30H43BrN2O4S2. The van der Waals surface area contributed by atoms with Crippen LogP contribution in [0.25, 0.3) is 4.91 Å². The third kappa shape index (κ3) is 8.22. The molecule has 0 bridgehead atoms. The van der Waals surface area contributed by atoms with Crippen LogP contribution in [-0.4, -0.2) is 39.1 Å². The van der Waals surface area contributed by atoms with Gasteiger partial charge in [0.15, 0.2) is 0 Å². The first-order valence-electron chi connectivity index (χ1n) is 14.3. The molecule has 6 nitrogen and oxygen atoms in total. The number of benzene rings is 1. The molecule has 39 heavy (non-hydrogen) atoms. The van der Waals surface area contributed by atoms with Gasteiger partial charge in [0, 0.05) is 40.1 Å². The average molecular weight is 640 g/mol. The van der Waals surface area contributed by atoms with E-state index in [1.165, 1.54) is 37.7 Å². The van der Waals surface area contributed by atoms with E-state index in [1.54, 1.807) is 17.8 Å². The Morgan fingerprint density at radius 1 is 1.10 bits per heavy atom. The molecule has 0 spiro atoms. The van der Waals surface area contributed by atoms with Gasteiger partial charge in [-0.3, -0.25) is 4.79 Å². The maximum absolute atomic E-state index is 13.4. The second-order valence-electron chi connectivity index (χ2n) is 12.1. The molecule has 0 radical (unpaired) electrons. The van der Waals surface area contributed by atoms with Crippen LogP contribution >= 0.6 is 27.7 Å². The van der Waals surface area contributed by atoms with Gasteiger partial charge >= 0.3 is 0 Å². The Bertz CT molecular complexity index is 1210. The van der Waals surface area contributed by atoms with Crippen LogP contribution in [0.4, 0.5) is 0 Å². The van der Waals surface area contributed by atoms with Gasteiger partial charge in [0.2, 0.25) is 10.0 Å². The number of ether oxygens (including phenoxy) is 1. The van der Waals surface area contributed by atoms with Gasteiger partial charge in [0.1, 0.15) is 0 Å². The molecule has 1 atom stereocenters. The van der Waals surface area contributed by atoms with Crippen LogP contribution in [0, 0.1) is 11.8 Å². The fraction of sp³-hybridized carbons (Fsp3) is 0.633. The van der Waals surface area contributed by atoms with Crippen molar-refractivity contribution in [2.75, 3.05) is 13.2 Å². The largest absolute Gasteiger partial charge is 0.381 e. The van der Waals surface area contributed by atoms with E-state index in [1.807, 2.05) is 32.9 Å². The van der Waals surface area contributed by atoms with Crippen LogP contribution in [0.5, 0.6) is 0 Å². The van der Waals surface area contributed by atoms with Crippen LogP contribution in [-0.2, 0) is 19.6 Å². The van der Waals surface area contributed by atoms with E-state index >= 15 is 0 Å². The normalized spacial score (nSPS) is 22.1. The van der Waals surface area contributed by atoms with Crippen molar-refractivity contribution >= 4 is 48.5 Å². The van der Waals surface area contributed by atoms with Crippen molar-refractivity contribution in [1.82, 2.24) is 10.0 Å². The lowest BCUT2D eigenvalue weighted by Gasteiger charge is -2.32. The predicted octanol–water partition coefficient (Wildman–Crippen LogP) is 7.16. The van der Waals surface area contributed by atoms with Crippen LogP contribution in [0.2, 0.25) is 0 Å². The van der Waals surface area contributed by atoms with Crippen molar-refractivity contribution in [3.8, 4) is 0 Å². The van der Waals surface area contributed by atoms with Gasteiger partial charge in [-0.2, -0.15) is 0 Å². The van der Waals surface area contributed by atoms with Crippen molar-refractivity contribution in [2.24, 2.45) is 11.8 Å². The molecule has 1 saturated heterocycles. The van der Waals surface area contributed by atoms with E-state index in [9.17, 15) is 13.2 Å². The second-order valence-corrected chi connectivity index (χ2v) is 15.6. The molecule has 0 aromatic heterocycles. The van der Waals surface area contributed by atoms with E-state index in [2.05, 4.69) is 39.0 Å². The number of hydrogen-bond donors (Lipinski definition) is 2. The van der Waals surface area contributed by atoms with Crippen molar-refractivity contribution < 1.29 is 17.9 Å². The summed E-state index contributed by atoms with van der Waals surface area (Å²) in [4.78, 5) is 15.5. The molecule has 2 fully saturated rings. The van der Waals surface area contributed by atoms with E-state index in [-0.39, 0.29) is 22.8 Å². The van der Waals surface area contributed by atoms with Gasteiger partial charge in [-0.05, 0) is 91.6 Å². The highest BCUT2D eigenvalue weighted by Crippen LogP contribution is 2.48. The first-order valence-corrected chi connectivity index (χ1v) is 17.4. The number of sulfonamides is 1. The standard InChI is InChI=1S/C30H43BrN2O4S2/c1-5-21-19-26(29(34)32-23-13-15-37-16-14-23)38-28(24(21)17-20-9-7-6-8-10-20)22-11-12-27(25(31)18-22)39(35,36)33-30(2,3)4/h11-12,18-21,23,33H,5-10,13-17H2,1-4H3,(H,32,34). The molecule has 2 aliphatic heterocycles. The highest BCUT2D eigenvalue weighted by molar-refractivity contribution is 9.10. The molecule has 216 valence electrons. The quantitative estimate of drug-likeness (QED) is 0.316. The zero-order valence-electron chi connectivity index (χ0n) is 23.6.